The zero-order valence-electron chi connectivity index (χ0n) is 8.45. The molecule has 1 heterocycles. The summed E-state index contributed by atoms with van der Waals surface area (Å²) in [4.78, 5) is 25.0. The van der Waals surface area contributed by atoms with Crippen molar-refractivity contribution in [2.24, 2.45) is 5.92 Å². The molecule has 1 aliphatic rings. The van der Waals surface area contributed by atoms with Crippen LogP contribution in [0.5, 0.6) is 0 Å². The highest BCUT2D eigenvalue weighted by atomic mass is 16.2. The number of hydrogen-bond acceptors (Lipinski definition) is 2. The number of H-pyrrole nitrogens is 1. The third-order valence-corrected chi connectivity index (χ3v) is 2.57. The molecule has 0 bridgehead atoms. The van der Waals surface area contributed by atoms with Crippen molar-refractivity contribution in [3.05, 3.63) is 34.2 Å². The van der Waals surface area contributed by atoms with Gasteiger partial charge in [0.25, 0.3) is 5.91 Å². The van der Waals surface area contributed by atoms with Crippen LogP contribution in [-0.4, -0.2) is 17.4 Å². The van der Waals surface area contributed by atoms with Gasteiger partial charge in [0, 0.05) is 24.4 Å². The number of aromatic nitrogens is 1. The maximum atomic E-state index is 11.5. The highest BCUT2D eigenvalue weighted by molar-refractivity contribution is 5.93. The third-order valence-electron chi connectivity index (χ3n) is 2.57. The van der Waals surface area contributed by atoms with Crippen LogP contribution >= 0.6 is 0 Å². The molecule has 0 atom stereocenters. The van der Waals surface area contributed by atoms with E-state index in [0.717, 1.165) is 12.3 Å². The van der Waals surface area contributed by atoms with E-state index in [4.69, 9.17) is 0 Å². The van der Waals surface area contributed by atoms with Crippen LogP contribution in [0.25, 0.3) is 0 Å². The van der Waals surface area contributed by atoms with E-state index >= 15 is 0 Å². The Kier molecular flexibility index (Phi) is 2.85. The van der Waals surface area contributed by atoms with Crippen LogP contribution in [0.1, 0.15) is 29.6 Å². The fourth-order valence-corrected chi connectivity index (χ4v) is 1.48. The van der Waals surface area contributed by atoms with Crippen LogP contribution in [-0.2, 0) is 0 Å². The molecular formula is C11H14N2O2. The van der Waals surface area contributed by atoms with Gasteiger partial charge in [-0.3, -0.25) is 9.59 Å². The number of aromatic amines is 1. The second kappa shape index (κ2) is 4.29. The van der Waals surface area contributed by atoms with Gasteiger partial charge in [0.1, 0.15) is 0 Å². The van der Waals surface area contributed by atoms with E-state index in [1.165, 1.54) is 25.1 Å². The van der Waals surface area contributed by atoms with Crippen LogP contribution in [0.4, 0.5) is 0 Å². The van der Waals surface area contributed by atoms with Gasteiger partial charge in [0.2, 0.25) is 5.56 Å². The predicted octanol–water partition coefficient (Wildman–Crippen LogP) is 0.905. The summed E-state index contributed by atoms with van der Waals surface area (Å²) in [6.07, 6.45) is 5.12. The Hall–Kier alpha value is -1.58. The van der Waals surface area contributed by atoms with Crippen molar-refractivity contribution in [3.63, 3.8) is 0 Å². The van der Waals surface area contributed by atoms with E-state index in [2.05, 4.69) is 10.3 Å². The standard InChI is InChI=1S/C11H14N2O2/c14-10-7-9(4-6-12-10)11(15)13-5-3-8-1-2-8/h4,6-8H,1-3,5H2,(H,12,14)(H,13,15). The van der Waals surface area contributed by atoms with E-state index < -0.39 is 0 Å². The fraction of sp³-hybridized carbons (Fsp3) is 0.455. The molecule has 2 N–H and O–H groups in total. The van der Waals surface area contributed by atoms with Gasteiger partial charge in [-0.2, -0.15) is 0 Å². The van der Waals surface area contributed by atoms with Crippen molar-refractivity contribution < 1.29 is 4.79 Å². The molecule has 1 fully saturated rings. The van der Waals surface area contributed by atoms with Crippen molar-refractivity contribution >= 4 is 5.91 Å². The zero-order valence-corrected chi connectivity index (χ0v) is 8.45. The van der Waals surface area contributed by atoms with Gasteiger partial charge in [0.05, 0.1) is 0 Å². The number of hydrogen-bond donors (Lipinski definition) is 2. The third kappa shape index (κ3) is 2.94. The Labute approximate surface area is 87.7 Å². The van der Waals surface area contributed by atoms with Gasteiger partial charge < -0.3 is 10.3 Å². The average molecular weight is 206 g/mol. The van der Waals surface area contributed by atoms with Gasteiger partial charge >= 0.3 is 0 Å². The SMILES string of the molecule is O=C(NCCC1CC1)c1cc[nH]c(=O)c1. The first-order chi connectivity index (χ1) is 7.25. The Morgan fingerprint density at radius 1 is 1.53 bits per heavy atom. The lowest BCUT2D eigenvalue weighted by molar-refractivity contribution is 0.0952. The largest absolute Gasteiger partial charge is 0.352 e. The minimum atomic E-state index is -0.246. The molecule has 1 amide bonds. The lowest BCUT2D eigenvalue weighted by atomic mass is 10.2. The predicted molar refractivity (Wildman–Crippen MR) is 56.7 cm³/mol. The molecule has 0 unspecified atom stereocenters. The maximum absolute atomic E-state index is 11.5. The van der Waals surface area contributed by atoms with Crippen molar-refractivity contribution in [1.29, 1.82) is 0 Å². The van der Waals surface area contributed by atoms with Gasteiger partial charge in [-0.1, -0.05) is 12.8 Å². The quantitative estimate of drug-likeness (QED) is 0.769. The number of rotatable bonds is 4. The minimum absolute atomic E-state index is 0.165. The van der Waals surface area contributed by atoms with E-state index in [9.17, 15) is 9.59 Å². The minimum Gasteiger partial charge on any atom is -0.352 e. The van der Waals surface area contributed by atoms with Crippen molar-refractivity contribution in [2.45, 2.75) is 19.3 Å². The highest BCUT2D eigenvalue weighted by Crippen LogP contribution is 2.31. The monoisotopic (exact) mass is 206 g/mol. The fourth-order valence-electron chi connectivity index (χ4n) is 1.48. The second-order valence-corrected chi connectivity index (χ2v) is 3.93. The van der Waals surface area contributed by atoms with E-state index in [1.807, 2.05) is 0 Å². The Morgan fingerprint density at radius 2 is 2.33 bits per heavy atom. The summed E-state index contributed by atoms with van der Waals surface area (Å²) in [6, 6.07) is 2.92. The molecule has 1 saturated carbocycles. The number of nitrogens with one attached hydrogen (secondary N) is 2. The van der Waals surface area contributed by atoms with Crippen LogP contribution in [0.2, 0.25) is 0 Å². The summed E-state index contributed by atoms with van der Waals surface area (Å²) < 4.78 is 0. The van der Waals surface area contributed by atoms with Crippen LogP contribution < -0.4 is 10.9 Å². The lowest BCUT2D eigenvalue weighted by Crippen LogP contribution is -2.25. The summed E-state index contributed by atoms with van der Waals surface area (Å²) in [5, 5.41) is 2.81. The zero-order chi connectivity index (χ0) is 10.7. The Bertz CT molecular complexity index is 407. The van der Waals surface area contributed by atoms with Crippen LogP contribution in [0, 0.1) is 5.92 Å². The molecule has 0 aliphatic heterocycles. The molecule has 4 heteroatoms. The van der Waals surface area contributed by atoms with Gasteiger partial charge in [0.15, 0.2) is 0 Å². The second-order valence-electron chi connectivity index (χ2n) is 3.93. The average Bonchev–Trinajstić information content (AvgIpc) is 3.01. The number of carbonyl (C=O) groups excluding carboxylic acids is 1. The first kappa shape index (κ1) is 9.96. The van der Waals surface area contributed by atoms with E-state index in [-0.39, 0.29) is 11.5 Å². The Balaban J connectivity index is 1.86. The summed E-state index contributed by atoms with van der Waals surface area (Å²) in [7, 11) is 0. The molecule has 0 aromatic carbocycles. The molecule has 1 aliphatic carbocycles. The first-order valence-corrected chi connectivity index (χ1v) is 5.22. The number of pyridine rings is 1. The lowest BCUT2D eigenvalue weighted by Gasteiger charge is -2.03. The summed E-state index contributed by atoms with van der Waals surface area (Å²) >= 11 is 0. The van der Waals surface area contributed by atoms with Crippen LogP contribution in [0.3, 0.4) is 0 Å². The van der Waals surface area contributed by atoms with Crippen molar-refractivity contribution in [1.82, 2.24) is 10.3 Å². The number of carbonyl (C=O) groups is 1. The molecule has 1 aromatic rings. The van der Waals surface area contributed by atoms with Gasteiger partial charge in [-0.05, 0) is 18.4 Å². The van der Waals surface area contributed by atoms with Crippen molar-refractivity contribution in [3.8, 4) is 0 Å². The summed E-state index contributed by atoms with van der Waals surface area (Å²) in [5.74, 6) is 0.645. The van der Waals surface area contributed by atoms with Gasteiger partial charge in [-0.15, -0.1) is 0 Å². The molecule has 15 heavy (non-hydrogen) atoms. The molecule has 0 radical (unpaired) electrons. The smallest absolute Gasteiger partial charge is 0.251 e. The number of amides is 1. The molecule has 2 rings (SSSR count). The normalized spacial score (nSPS) is 14.9. The first-order valence-electron chi connectivity index (χ1n) is 5.22. The molecule has 80 valence electrons. The molecule has 1 aromatic heterocycles. The molecule has 4 nitrogen and oxygen atoms in total. The van der Waals surface area contributed by atoms with E-state index in [1.54, 1.807) is 6.07 Å². The molecular weight excluding hydrogens is 192 g/mol. The van der Waals surface area contributed by atoms with E-state index in [0.29, 0.717) is 12.1 Å². The molecule has 0 saturated heterocycles. The Morgan fingerprint density at radius 3 is 3.00 bits per heavy atom. The van der Waals surface area contributed by atoms with Crippen LogP contribution in [0.15, 0.2) is 23.1 Å². The summed E-state index contributed by atoms with van der Waals surface area (Å²) in [5.41, 5.74) is 0.180. The topological polar surface area (TPSA) is 62.0 Å². The summed E-state index contributed by atoms with van der Waals surface area (Å²) in [6.45, 7) is 0.705. The highest BCUT2D eigenvalue weighted by Gasteiger charge is 2.20. The van der Waals surface area contributed by atoms with Gasteiger partial charge in [-0.25, -0.2) is 0 Å². The molecule has 0 spiro atoms. The maximum Gasteiger partial charge on any atom is 0.251 e. The van der Waals surface area contributed by atoms with Crippen molar-refractivity contribution in [2.75, 3.05) is 6.54 Å².